The number of rotatable bonds is 5. The molecule has 8 nitrogen and oxygen atoms in total. The highest BCUT2D eigenvalue weighted by molar-refractivity contribution is 7.90. The Hall–Kier alpha value is -2.00. The summed E-state index contributed by atoms with van der Waals surface area (Å²) in [5.74, 6) is 0.147. The van der Waals surface area contributed by atoms with Gasteiger partial charge >= 0.3 is 0 Å². The SMILES string of the molecule is CNS(=O)(=O)Nc1ccc(/C(N)=N/O)cc1OC. The van der Waals surface area contributed by atoms with E-state index in [0.717, 1.165) is 0 Å². The van der Waals surface area contributed by atoms with Crippen LogP contribution in [0.4, 0.5) is 5.69 Å². The van der Waals surface area contributed by atoms with Gasteiger partial charge in [-0.15, -0.1) is 0 Å². The predicted octanol–water partition coefficient (Wildman–Crippen LogP) is -0.334. The Morgan fingerprint density at radius 3 is 2.67 bits per heavy atom. The molecule has 5 N–H and O–H groups in total. The van der Waals surface area contributed by atoms with Gasteiger partial charge in [0, 0.05) is 12.6 Å². The first-order valence-electron chi connectivity index (χ1n) is 4.80. The predicted molar refractivity (Wildman–Crippen MR) is 67.1 cm³/mol. The molecule has 0 aliphatic rings. The lowest BCUT2D eigenvalue weighted by Crippen LogP contribution is -2.26. The molecule has 9 heteroatoms. The van der Waals surface area contributed by atoms with E-state index in [1.807, 2.05) is 0 Å². The Morgan fingerprint density at radius 2 is 2.17 bits per heavy atom. The van der Waals surface area contributed by atoms with Crippen molar-refractivity contribution in [3.05, 3.63) is 23.8 Å². The molecule has 1 aromatic rings. The van der Waals surface area contributed by atoms with Crippen LogP contribution in [0.1, 0.15) is 5.56 Å². The van der Waals surface area contributed by atoms with E-state index in [1.54, 1.807) is 0 Å². The fourth-order valence-corrected chi connectivity index (χ4v) is 1.75. The molecule has 0 amide bonds. The van der Waals surface area contributed by atoms with E-state index in [-0.39, 0.29) is 17.3 Å². The monoisotopic (exact) mass is 274 g/mol. The van der Waals surface area contributed by atoms with Gasteiger partial charge in [0.15, 0.2) is 5.84 Å². The van der Waals surface area contributed by atoms with E-state index in [2.05, 4.69) is 14.6 Å². The van der Waals surface area contributed by atoms with E-state index < -0.39 is 10.2 Å². The summed E-state index contributed by atoms with van der Waals surface area (Å²) < 4.78 is 32.1. The summed E-state index contributed by atoms with van der Waals surface area (Å²) in [6, 6.07) is 4.38. The summed E-state index contributed by atoms with van der Waals surface area (Å²) in [6.45, 7) is 0. The third kappa shape index (κ3) is 3.25. The molecule has 0 aromatic heterocycles. The molecule has 1 rings (SSSR count). The summed E-state index contributed by atoms with van der Waals surface area (Å²) in [4.78, 5) is 0. The largest absolute Gasteiger partial charge is 0.495 e. The van der Waals surface area contributed by atoms with Gasteiger partial charge in [0.05, 0.1) is 12.8 Å². The van der Waals surface area contributed by atoms with E-state index in [0.29, 0.717) is 5.56 Å². The highest BCUT2D eigenvalue weighted by atomic mass is 32.2. The Bertz CT molecular complexity index is 556. The maximum Gasteiger partial charge on any atom is 0.298 e. The second kappa shape index (κ2) is 5.56. The van der Waals surface area contributed by atoms with Gasteiger partial charge in [0.1, 0.15) is 5.75 Å². The van der Waals surface area contributed by atoms with E-state index in [1.165, 1.54) is 32.4 Å². The van der Waals surface area contributed by atoms with Crippen LogP contribution in [-0.4, -0.2) is 33.6 Å². The number of hydrogen-bond acceptors (Lipinski definition) is 5. The third-order valence-electron chi connectivity index (χ3n) is 2.12. The van der Waals surface area contributed by atoms with Crippen LogP contribution >= 0.6 is 0 Å². The molecule has 0 unspecified atom stereocenters. The number of ether oxygens (including phenoxy) is 1. The third-order valence-corrected chi connectivity index (χ3v) is 3.14. The topological polar surface area (TPSA) is 126 Å². The lowest BCUT2D eigenvalue weighted by molar-refractivity contribution is 0.318. The van der Waals surface area contributed by atoms with Crippen molar-refractivity contribution in [2.24, 2.45) is 10.9 Å². The molecule has 1 aromatic carbocycles. The number of hydrogen-bond donors (Lipinski definition) is 4. The molecule has 0 radical (unpaired) electrons. The standard InChI is InChI=1S/C9H14N4O4S/c1-11-18(15,16)13-7-4-3-6(9(10)12-14)5-8(7)17-2/h3-5,11,13-14H,1-2H3,(H2,10,12). The summed E-state index contributed by atoms with van der Waals surface area (Å²) in [7, 11) is -0.980. The first-order valence-corrected chi connectivity index (χ1v) is 6.29. The molecular formula is C9H14N4O4S. The zero-order valence-corrected chi connectivity index (χ0v) is 10.7. The lowest BCUT2D eigenvalue weighted by Gasteiger charge is -2.12. The molecule has 0 heterocycles. The van der Waals surface area contributed by atoms with Gasteiger partial charge in [-0.05, 0) is 18.2 Å². The van der Waals surface area contributed by atoms with Crippen molar-refractivity contribution in [3.63, 3.8) is 0 Å². The normalized spacial score (nSPS) is 12.2. The number of anilines is 1. The van der Waals surface area contributed by atoms with Crippen LogP contribution < -0.4 is 19.9 Å². The average molecular weight is 274 g/mol. The van der Waals surface area contributed by atoms with Crippen LogP contribution in [0.3, 0.4) is 0 Å². The van der Waals surface area contributed by atoms with Crippen molar-refractivity contribution in [1.82, 2.24) is 4.72 Å². The Balaban J connectivity index is 3.16. The molecule has 100 valence electrons. The van der Waals surface area contributed by atoms with Gasteiger partial charge in [0.25, 0.3) is 10.2 Å². The minimum absolute atomic E-state index is 0.101. The maximum absolute atomic E-state index is 11.3. The number of benzene rings is 1. The van der Waals surface area contributed by atoms with Crippen LogP contribution in [0.5, 0.6) is 5.75 Å². The first-order chi connectivity index (χ1) is 8.43. The van der Waals surface area contributed by atoms with Crippen molar-refractivity contribution in [3.8, 4) is 5.75 Å². The van der Waals surface area contributed by atoms with Gasteiger partial charge in [0.2, 0.25) is 0 Å². The van der Waals surface area contributed by atoms with Crippen molar-refractivity contribution < 1.29 is 18.4 Å². The number of nitrogens with one attached hydrogen (secondary N) is 2. The smallest absolute Gasteiger partial charge is 0.298 e. The van der Waals surface area contributed by atoms with Gasteiger partial charge in [-0.25, -0.2) is 4.72 Å². The van der Waals surface area contributed by atoms with Gasteiger partial charge in [-0.2, -0.15) is 8.42 Å². The van der Waals surface area contributed by atoms with Crippen molar-refractivity contribution in [2.45, 2.75) is 0 Å². The van der Waals surface area contributed by atoms with Gasteiger partial charge in [-0.3, -0.25) is 4.72 Å². The van der Waals surface area contributed by atoms with Crippen LogP contribution in [0.2, 0.25) is 0 Å². The Kier molecular flexibility index (Phi) is 4.34. The zero-order chi connectivity index (χ0) is 13.8. The number of nitrogens with zero attached hydrogens (tertiary/aromatic N) is 1. The highest BCUT2D eigenvalue weighted by Gasteiger charge is 2.12. The molecule has 0 saturated carbocycles. The molecule has 0 saturated heterocycles. The summed E-state index contributed by atoms with van der Waals surface area (Å²) in [6.07, 6.45) is 0. The van der Waals surface area contributed by atoms with E-state index in [9.17, 15) is 8.42 Å². The number of nitrogens with two attached hydrogens (primary N) is 1. The fraction of sp³-hybridized carbons (Fsp3) is 0.222. The Labute approximate surface area is 105 Å². The molecular weight excluding hydrogens is 260 g/mol. The number of oxime groups is 1. The van der Waals surface area contributed by atoms with Crippen molar-refractivity contribution >= 4 is 21.7 Å². The second-order valence-corrected chi connectivity index (χ2v) is 4.83. The van der Waals surface area contributed by atoms with Crippen LogP contribution in [0.15, 0.2) is 23.4 Å². The Morgan fingerprint density at radius 1 is 1.50 bits per heavy atom. The quantitative estimate of drug-likeness (QED) is 0.253. The van der Waals surface area contributed by atoms with Crippen LogP contribution in [0, 0.1) is 0 Å². The summed E-state index contributed by atoms with van der Waals surface area (Å²) in [5.41, 5.74) is 6.06. The van der Waals surface area contributed by atoms with E-state index >= 15 is 0 Å². The molecule has 0 spiro atoms. The van der Waals surface area contributed by atoms with Crippen LogP contribution in [-0.2, 0) is 10.2 Å². The minimum atomic E-state index is -3.63. The number of methoxy groups -OCH3 is 1. The van der Waals surface area contributed by atoms with Crippen LogP contribution in [0.25, 0.3) is 0 Å². The molecule has 0 aliphatic heterocycles. The molecule has 0 atom stereocenters. The van der Waals surface area contributed by atoms with E-state index in [4.69, 9.17) is 15.7 Å². The lowest BCUT2D eigenvalue weighted by atomic mass is 10.2. The van der Waals surface area contributed by atoms with Gasteiger partial charge in [-0.1, -0.05) is 5.16 Å². The van der Waals surface area contributed by atoms with Gasteiger partial charge < -0.3 is 15.7 Å². The number of amidine groups is 1. The first kappa shape index (κ1) is 14.1. The highest BCUT2D eigenvalue weighted by Crippen LogP contribution is 2.26. The van der Waals surface area contributed by atoms with Crippen molar-refractivity contribution in [2.75, 3.05) is 18.9 Å². The molecule has 0 bridgehead atoms. The second-order valence-electron chi connectivity index (χ2n) is 3.21. The molecule has 18 heavy (non-hydrogen) atoms. The molecule has 0 aliphatic carbocycles. The zero-order valence-electron chi connectivity index (χ0n) is 9.84. The van der Waals surface area contributed by atoms with Crippen molar-refractivity contribution in [1.29, 1.82) is 0 Å². The fourth-order valence-electron chi connectivity index (χ4n) is 1.19. The molecule has 0 fully saturated rings. The maximum atomic E-state index is 11.3. The summed E-state index contributed by atoms with van der Waals surface area (Å²) in [5, 5.41) is 11.4. The minimum Gasteiger partial charge on any atom is -0.495 e. The average Bonchev–Trinajstić information content (AvgIpc) is 2.38. The summed E-state index contributed by atoms with van der Waals surface area (Å²) >= 11 is 0.